The fourth-order valence-electron chi connectivity index (χ4n) is 5.59. The summed E-state index contributed by atoms with van der Waals surface area (Å²) in [5.41, 5.74) is 3.51. The molecular formula is C34H37F2N3O7S. The third-order valence-corrected chi connectivity index (χ3v) is 8.61. The normalized spacial score (nSPS) is 13.0. The van der Waals surface area contributed by atoms with Crippen molar-refractivity contribution in [1.29, 1.82) is 0 Å². The van der Waals surface area contributed by atoms with Crippen LogP contribution >= 0.6 is 0 Å². The minimum atomic E-state index is -3.90. The number of rotatable bonds is 14. The third-order valence-electron chi connectivity index (χ3n) is 7.68. The van der Waals surface area contributed by atoms with Gasteiger partial charge in [-0.25, -0.2) is 22.3 Å². The summed E-state index contributed by atoms with van der Waals surface area (Å²) in [6, 6.07) is 16.7. The highest BCUT2D eigenvalue weighted by Crippen LogP contribution is 2.42. The lowest BCUT2D eigenvalue weighted by Crippen LogP contribution is -2.27. The van der Waals surface area contributed by atoms with Gasteiger partial charge in [-0.05, 0) is 86.2 Å². The fraction of sp³-hybridized carbons (Fsp3) is 0.294. The maximum atomic E-state index is 14.1. The molecule has 47 heavy (non-hydrogen) atoms. The molecule has 1 amide bonds. The lowest BCUT2D eigenvalue weighted by atomic mass is 9.92. The van der Waals surface area contributed by atoms with Crippen LogP contribution in [0.3, 0.4) is 0 Å². The van der Waals surface area contributed by atoms with Gasteiger partial charge in [0.2, 0.25) is 10.0 Å². The minimum Gasteiger partial charge on any atom is -0.481 e. The Bertz CT molecular complexity index is 1820. The smallest absolute Gasteiger partial charge is 0.305 e. The molecule has 0 fully saturated rings. The molecule has 13 heteroatoms. The van der Waals surface area contributed by atoms with E-state index in [-0.39, 0.29) is 42.4 Å². The second-order valence-corrected chi connectivity index (χ2v) is 13.1. The van der Waals surface area contributed by atoms with E-state index in [4.69, 9.17) is 10.2 Å². The van der Waals surface area contributed by atoms with Crippen LogP contribution in [0.15, 0.2) is 77.7 Å². The minimum absolute atomic E-state index is 0.0251. The zero-order chi connectivity index (χ0) is 34.5. The Hall–Kier alpha value is -4.43. The molecule has 0 spiro atoms. The Labute approximate surface area is 271 Å². The van der Waals surface area contributed by atoms with Gasteiger partial charge in [-0.2, -0.15) is 0 Å². The number of halogens is 2. The molecule has 0 aliphatic heterocycles. The van der Waals surface area contributed by atoms with E-state index in [1.165, 1.54) is 60.7 Å². The lowest BCUT2D eigenvalue weighted by Gasteiger charge is -2.20. The van der Waals surface area contributed by atoms with Crippen LogP contribution in [0.4, 0.5) is 8.78 Å². The Morgan fingerprint density at radius 2 is 1.38 bits per heavy atom. The van der Waals surface area contributed by atoms with Crippen LogP contribution < -0.4 is 10.5 Å². The molecule has 1 aromatic heterocycles. The highest BCUT2D eigenvalue weighted by Gasteiger charge is 2.30. The van der Waals surface area contributed by atoms with Gasteiger partial charge in [0.1, 0.15) is 17.3 Å². The molecule has 0 aliphatic carbocycles. The number of carbonyl (C=O) groups excluding carboxylic acids is 1. The quantitative estimate of drug-likeness (QED) is 0.129. The van der Waals surface area contributed by atoms with Crippen LogP contribution in [0.2, 0.25) is 0 Å². The second-order valence-electron chi connectivity index (χ2n) is 11.6. The van der Waals surface area contributed by atoms with Crippen molar-refractivity contribution in [3.05, 3.63) is 101 Å². The highest BCUT2D eigenvalue weighted by atomic mass is 32.2. The molecule has 0 saturated carbocycles. The number of hydrogen-bond acceptors (Lipinski definition) is 6. The Morgan fingerprint density at radius 1 is 0.851 bits per heavy atom. The van der Waals surface area contributed by atoms with Gasteiger partial charge in [0.25, 0.3) is 5.91 Å². The van der Waals surface area contributed by atoms with Gasteiger partial charge < -0.3 is 25.2 Å². The second kappa shape index (κ2) is 15.0. The van der Waals surface area contributed by atoms with Crippen LogP contribution in [0.5, 0.6) is 0 Å². The van der Waals surface area contributed by atoms with Crippen molar-refractivity contribution < 1.29 is 42.1 Å². The zero-order valence-electron chi connectivity index (χ0n) is 25.9. The van der Waals surface area contributed by atoms with Crippen LogP contribution in [0.1, 0.15) is 60.9 Å². The number of benzene rings is 3. The third kappa shape index (κ3) is 8.89. The van der Waals surface area contributed by atoms with E-state index in [1.54, 1.807) is 16.7 Å². The molecular weight excluding hydrogens is 632 g/mol. The number of nitrogens with zero attached hydrogens (tertiary/aromatic N) is 1. The number of aliphatic hydroxyl groups is 2. The highest BCUT2D eigenvalue weighted by molar-refractivity contribution is 7.89. The largest absolute Gasteiger partial charge is 0.481 e. The average Bonchev–Trinajstić information content (AvgIpc) is 3.34. The predicted molar refractivity (Wildman–Crippen MR) is 172 cm³/mol. The van der Waals surface area contributed by atoms with E-state index in [2.05, 4.69) is 5.32 Å². The number of sulfonamides is 1. The monoisotopic (exact) mass is 669 g/mol. The number of aromatic nitrogens is 1. The van der Waals surface area contributed by atoms with E-state index in [0.717, 1.165) is 0 Å². The van der Waals surface area contributed by atoms with E-state index in [0.29, 0.717) is 33.5 Å². The van der Waals surface area contributed by atoms with Crippen LogP contribution in [-0.2, 0) is 27.8 Å². The van der Waals surface area contributed by atoms with Gasteiger partial charge in [0.05, 0.1) is 23.5 Å². The van der Waals surface area contributed by atoms with Crippen LogP contribution in [0.25, 0.3) is 22.3 Å². The first-order valence-corrected chi connectivity index (χ1v) is 16.5. The number of nitrogens with two attached hydrogens (primary N) is 1. The summed E-state index contributed by atoms with van der Waals surface area (Å²) in [4.78, 5) is 25.1. The summed E-state index contributed by atoms with van der Waals surface area (Å²) in [5.74, 6) is -2.66. The summed E-state index contributed by atoms with van der Waals surface area (Å²) in [7, 11) is -3.90. The number of hydrogen-bond donors (Lipinski definition) is 5. The number of aliphatic carboxylic acids is 1. The van der Waals surface area contributed by atoms with Gasteiger partial charge in [0, 0.05) is 29.4 Å². The average molecular weight is 670 g/mol. The Morgan fingerprint density at radius 3 is 1.87 bits per heavy atom. The summed E-state index contributed by atoms with van der Waals surface area (Å²) in [6.07, 6.45) is -2.75. The number of aliphatic hydroxyl groups excluding tert-OH is 2. The van der Waals surface area contributed by atoms with Crippen molar-refractivity contribution in [3.63, 3.8) is 0 Å². The number of nitrogens with one attached hydrogen (secondary N) is 1. The molecule has 4 aromatic rings. The van der Waals surface area contributed by atoms with Gasteiger partial charge in [-0.3, -0.25) is 9.59 Å². The molecule has 10 nitrogen and oxygen atoms in total. The van der Waals surface area contributed by atoms with Crippen molar-refractivity contribution in [1.82, 2.24) is 9.88 Å². The summed E-state index contributed by atoms with van der Waals surface area (Å²) in [6.45, 7) is 3.75. The molecule has 0 saturated heterocycles. The number of carboxylic acids is 1. The lowest BCUT2D eigenvalue weighted by molar-refractivity contribution is -0.139. The standard InChI is InChI=1S/C34H37F2N3O7S/c1-20(2)39-29(16-13-26(40)17-27(41)18-30(42)43)31(22-5-9-24(35)10-6-22)32(23-7-11-25(36)12-8-23)33(39)34(44)38-19-21-3-14-28(15-4-21)47(37,45)46/h3-12,14-15,20,26-27,40-41H,13,16-19H2,1-2H3,(H,38,44)(H,42,43)(H2,37,45,46)/t26-,27-/m1/s1. The molecule has 0 unspecified atom stereocenters. The van der Waals surface area contributed by atoms with Crippen molar-refractivity contribution in [3.8, 4) is 22.3 Å². The first-order valence-electron chi connectivity index (χ1n) is 14.9. The Kier molecular flexibility index (Phi) is 11.3. The van der Waals surface area contributed by atoms with E-state index in [9.17, 15) is 37.0 Å². The molecule has 1 heterocycles. The fourth-order valence-corrected chi connectivity index (χ4v) is 6.10. The molecule has 0 radical (unpaired) electrons. The first kappa shape index (κ1) is 35.4. The molecule has 4 rings (SSSR count). The topological polar surface area (TPSA) is 172 Å². The number of amides is 1. The molecule has 2 atom stereocenters. The molecule has 0 aliphatic rings. The van der Waals surface area contributed by atoms with Gasteiger partial charge in [0.15, 0.2) is 0 Å². The Balaban J connectivity index is 1.84. The van der Waals surface area contributed by atoms with Gasteiger partial charge in [-0.15, -0.1) is 0 Å². The van der Waals surface area contributed by atoms with E-state index in [1.807, 2.05) is 13.8 Å². The van der Waals surface area contributed by atoms with Crippen molar-refractivity contribution in [2.24, 2.45) is 5.14 Å². The van der Waals surface area contributed by atoms with Crippen molar-refractivity contribution in [2.75, 3.05) is 0 Å². The van der Waals surface area contributed by atoms with E-state index < -0.39 is 52.2 Å². The van der Waals surface area contributed by atoms with Gasteiger partial charge >= 0.3 is 5.97 Å². The summed E-state index contributed by atoms with van der Waals surface area (Å²) < 4.78 is 53.3. The van der Waals surface area contributed by atoms with Gasteiger partial charge in [-0.1, -0.05) is 36.4 Å². The molecule has 0 bridgehead atoms. The van der Waals surface area contributed by atoms with Crippen LogP contribution in [0, 0.1) is 11.6 Å². The molecule has 6 N–H and O–H groups in total. The maximum absolute atomic E-state index is 14.1. The maximum Gasteiger partial charge on any atom is 0.305 e. The molecule has 250 valence electrons. The summed E-state index contributed by atoms with van der Waals surface area (Å²) >= 11 is 0. The van der Waals surface area contributed by atoms with Crippen LogP contribution in [-0.4, -0.2) is 52.4 Å². The zero-order valence-corrected chi connectivity index (χ0v) is 26.7. The number of primary sulfonamides is 1. The predicted octanol–water partition coefficient (Wildman–Crippen LogP) is 4.78. The summed E-state index contributed by atoms with van der Waals surface area (Å²) in [5, 5.41) is 37.9. The van der Waals surface area contributed by atoms with Crippen molar-refractivity contribution >= 4 is 21.9 Å². The first-order chi connectivity index (χ1) is 22.1. The van der Waals surface area contributed by atoms with Crippen molar-refractivity contribution in [2.45, 2.75) is 69.2 Å². The van der Waals surface area contributed by atoms with E-state index >= 15 is 0 Å². The molecule has 3 aromatic carbocycles. The number of carboxylic acid groups (broad SMARTS) is 1. The number of carbonyl (C=O) groups is 2. The SMILES string of the molecule is CC(C)n1c(CC[C@@H](O)C[C@@H](O)CC(=O)O)c(-c2ccc(F)cc2)c(-c2ccc(F)cc2)c1C(=O)NCc1ccc(S(N)(=O)=O)cc1.